The largest absolute Gasteiger partial charge is 0.455 e. The first kappa shape index (κ1) is 12.6. The maximum atomic E-state index is 13.5. The van der Waals surface area contributed by atoms with Crippen LogP contribution in [0.1, 0.15) is 16.1 Å². The van der Waals surface area contributed by atoms with Gasteiger partial charge in [0.05, 0.1) is 11.3 Å². The van der Waals surface area contributed by atoms with Crippen molar-refractivity contribution in [2.24, 2.45) is 0 Å². The van der Waals surface area contributed by atoms with Gasteiger partial charge in [0.1, 0.15) is 12.4 Å². The first-order valence-electron chi connectivity index (χ1n) is 5.77. The predicted octanol–water partition coefficient (Wildman–Crippen LogP) is 2.47. The molecule has 5 nitrogen and oxygen atoms in total. The number of hydrogen-bond acceptors (Lipinski definition) is 5. The van der Waals surface area contributed by atoms with Crippen LogP contribution in [-0.2, 0) is 11.3 Å². The SMILES string of the molecule is Nc1ccc(F)c(C(=O)OCc2cn3ccsc3n2)c1. The van der Waals surface area contributed by atoms with Crippen LogP contribution in [0.15, 0.2) is 36.0 Å². The standard InChI is InChI=1S/C13H10FN3O2S/c14-11-2-1-8(15)5-10(11)12(18)19-7-9-6-17-3-4-20-13(17)16-9/h1-6H,7,15H2. The summed E-state index contributed by atoms with van der Waals surface area (Å²) in [6.45, 7) is -0.0124. The fraction of sp³-hybridized carbons (Fsp3) is 0.0769. The van der Waals surface area contributed by atoms with E-state index in [2.05, 4.69) is 4.98 Å². The van der Waals surface area contributed by atoms with Crippen molar-refractivity contribution in [1.82, 2.24) is 9.38 Å². The fourth-order valence-corrected chi connectivity index (χ4v) is 2.48. The van der Waals surface area contributed by atoms with Crippen LogP contribution in [-0.4, -0.2) is 15.4 Å². The maximum Gasteiger partial charge on any atom is 0.341 e. The van der Waals surface area contributed by atoms with Gasteiger partial charge in [-0.15, -0.1) is 11.3 Å². The number of benzene rings is 1. The molecule has 0 spiro atoms. The van der Waals surface area contributed by atoms with E-state index in [0.717, 1.165) is 11.0 Å². The number of ether oxygens (including phenoxy) is 1. The molecule has 102 valence electrons. The van der Waals surface area contributed by atoms with Gasteiger partial charge in [-0.2, -0.15) is 0 Å². The highest BCUT2D eigenvalue weighted by Crippen LogP contribution is 2.15. The molecule has 2 N–H and O–H groups in total. The number of rotatable bonds is 3. The van der Waals surface area contributed by atoms with Crippen molar-refractivity contribution < 1.29 is 13.9 Å². The fourth-order valence-electron chi connectivity index (χ4n) is 1.76. The van der Waals surface area contributed by atoms with Crippen molar-refractivity contribution in [2.75, 3.05) is 5.73 Å². The molecule has 0 atom stereocenters. The zero-order chi connectivity index (χ0) is 14.1. The van der Waals surface area contributed by atoms with Crippen LogP contribution in [0.5, 0.6) is 0 Å². The number of nitrogens with zero attached hydrogens (tertiary/aromatic N) is 2. The van der Waals surface area contributed by atoms with E-state index in [9.17, 15) is 9.18 Å². The Morgan fingerprint density at radius 1 is 1.50 bits per heavy atom. The highest BCUT2D eigenvalue weighted by Gasteiger charge is 2.14. The Labute approximate surface area is 117 Å². The molecule has 0 fully saturated rings. The molecule has 1 aromatic carbocycles. The molecule has 7 heteroatoms. The van der Waals surface area contributed by atoms with Crippen molar-refractivity contribution in [3.63, 3.8) is 0 Å². The highest BCUT2D eigenvalue weighted by molar-refractivity contribution is 7.15. The van der Waals surface area contributed by atoms with Crippen LogP contribution in [0.2, 0.25) is 0 Å². The van der Waals surface area contributed by atoms with E-state index < -0.39 is 11.8 Å². The summed E-state index contributed by atoms with van der Waals surface area (Å²) >= 11 is 1.48. The van der Waals surface area contributed by atoms with Gasteiger partial charge in [-0.1, -0.05) is 0 Å². The molecular weight excluding hydrogens is 281 g/mol. The summed E-state index contributed by atoms with van der Waals surface area (Å²) in [6.07, 6.45) is 3.62. The number of halogens is 1. The molecule has 0 aliphatic heterocycles. The van der Waals surface area contributed by atoms with Crippen LogP contribution in [0.4, 0.5) is 10.1 Å². The molecule has 0 aliphatic carbocycles. The average molecular weight is 291 g/mol. The molecule has 0 saturated heterocycles. The average Bonchev–Trinajstić information content (AvgIpc) is 2.99. The van der Waals surface area contributed by atoms with E-state index in [0.29, 0.717) is 11.4 Å². The van der Waals surface area contributed by atoms with Crippen molar-refractivity contribution in [3.05, 3.63) is 53.0 Å². The Hall–Kier alpha value is -2.41. The van der Waals surface area contributed by atoms with Gasteiger partial charge in [0, 0.05) is 23.5 Å². The Morgan fingerprint density at radius 3 is 3.15 bits per heavy atom. The summed E-state index contributed by atoms with van der Waals surface area (Å²) in [5, 5.41) is 1.90. The van der Waals surface area contributed by atoms with Crippen LogP contribution in [0, 0.1) is 5.82 Å². The summed E-state index contributed by atoms with van der Waals surface area (Å²) in [6, 6.07) is 3.78. The van der Waals surface area contributed by atoms with Crippen molar-refractivity contribution in [1.29, 1.82) is 0 Å². The zero-order valence-electron chi connectivity index (χ0n) is 10.2. The van der Waals surface area contributed by atoms with Gasteiger partial charge in [-0.05, 0) is 18.2 Å². The van der Waals surface area contributed by atoms with E-state index in [1.807, 2.05) is 16.0 Å². The summed E-state index contributed by atoms with van der Waals surface area (Å²) in [4.78, 5) is 16.9. The summed E-state index contributed by atoms with van der Waals surface area (Å²) in [5.41, 5.74) is 6.26. The van der Waals surface area contributed by atoms with Gasteiger partial charge >= 0.3 is 5.97 Å². The molecule has 2 aromatic heterocycles. The number of carbonyl (C=O) groups excluding carboxylic acids is 1. The van der Waals surface area contributed by atoms with Gasteiger partial charge in [0.15, 0.2) is 4.96 Å². The number of carbonyl (C=O) groups is 1. The number of nitrogens with two attached hydrogens (primary N) is 1. The number of anilines is 1. The third kappa shape index (κ3) is 2.35. The summed E-state index contributed by atoms with van der Waals surface area (Å²) < 4.78 is 20.4. The minimum absolute atomic E-state index is 0.0124. The zero-order valence-corrected chi connectivity index (χ0v) is 11.1. The van der Waals surface area contributed by atoms with Crippen LogP contribution < -0.4 is 5.73 Å². The van der Waals surface area contributed by atoms with E-state index in [4.69, 9.17) is 10.5 Å². The Morgan fingerprint density at radius 2 is 2.35 bits per heavy atom. The van der Waals surface area contributed by atoms with Gasteiger partial charge < -0.3 is 10.5 Å². The number of esters is 1. The lowest BCUT2D eigenvalue weighted by Crippen LogP contribution is -2.08. The second kappa shape index (κ2) is 4.93. The molecule has 3 rings (SSSR count). The van der Waals surface area contributed by atoms with Crippen LogP contribution in [0.3, 0.4) is 0 Å². The van der Waals surface area contributed by atoms with Gasteiger partial charge in [0.25, 0.3) is 0 Å². The normalized spacial score (nSPS) is 10.8. The van der Waals surface area contributed by atoms with Crippen LogP contribution in [0.25, 0.3) is 4.96 Å². The maximum absolute atomic E-state index is 13.5. The lowest BCUT2D eigenvalue weighted by atomic mass is 10.2. The van der Waals surface area contributed by atoms with Gasteiger partial charge in [0.2, 0.25) is 0 Å². The third-order valence-corrected chi connectivity index (χ3v) is 3.48. The first-order chi connectivity index (χ1) is 9.63. The Bertz CT molecular complexity index is 752. The van der Waals surface area contributed by atoms with E-state index in [1.54, 1.807) is 6.20 Å². The second-order valence-corrected chi connectivity index (χ2v) is 5.01. The number of hydrogen-bond donors (Lipinski definition) is 1. The summed E-state index contributed by atoms with van der Waals surface area (Å²) in [5.74, 6) is -1.42. The van der Waals surface area contributed by atoms with Gasteiger partial charge in [-0.25, -0.2) is 14.2 Å². The molecule has 0 amide bonds. The molecule has 0 saturated carbocycles. The van der Waals surface area contributed by atoms with Crippen molar-refractivity contribution in [3.8, 4) is 0 Å². The molecule has 0 radical (unpaired) electrons. The van der Waals surface area contributed by atoms with Crippen molar-refractivity contribution in [2.45, 2.75) is 6.61 Å². The molecular formula is C13H10FN3O2S. The minimum Gasteiger partial charge on any atom is -0.455 e. The number of nitrogen functional groups attached to an aromatic ring is 1. The topological polar surface area (TPSA) is 69.6 Å². The number of fused-ring (bicyclic) bond motifs is 1. The molecule has 2 heterocycles. The molecule has 0 unspecified atom stereocenters. The van der Waals surface area contributed by atoms with E-state index in [-0.39, 0.29) is 12.2 Å². The van der Waals surface area contributed by atoms with E-state index in [1.165, 1.54) is 23.5 Å². The predicted molar refractivity (Wildman–Crippen MR) is 73.0 cm³/mol. The second-order valence-electron chi connectivity index (χ2n) is 4.14. The van der Waals surface area contributed by atoms with E-state index >= 15 is 0 Å². The molecule has 0 aliphatic rings. The first-order valence-corrected chi connectivity index (χ1v) is 6.64. The lowest BCUT2D eigenvalue weighted by molar-refractivity contribution is 0.0463. The molecule has 0 bridgehead atoms. The molecule has 20 heavy (non-hydrogen) atoms. The minimum atomic E-state index is -0.758. The lowest BCUT2D eigenvalue weighted by Gasteiger charge is -2.04. The quantitative estimate of drug-likeness (QED) is 0.594. The molecule has 3 aromatic rings. The number of imidazole rings is 1. The Kier molecular flexibility index (Phi) is 3.11. The third-order valence-electron chi connectivity index (χ3n) is 2.70. The number of aromatic nitrogens is 2. The highest BCUT2D eigenvalue weighted by atomic mass is 32.1. The van der Waals surface area contributed by atoms with Crippen molar-refractivity contribution >= 4 is 28.0 Å². The Balaban J connectivity index is 1.73. The summed E-state index contributed by atoms with van der Waals surface area (Å²) in [7, 11) is 0. The van der Waals surface area contributed by atoms with Crippen LogP contribution >= 0.6 is 11.3 Å². The monoisotopic (exact) mass is 291 g/mol. The smallest absolute Gasteiger partial charge is 0.341 e. The van der Waals surface area contributed by atoms with Gasteiger partial charge in [-0.3, -0.25) is 4.40 Å². The number of thiazole rings is 1.